The first-order chi connectivity index (χ1) is 20.2. The monoisotopic (exact) mass is 598 g/mol. The first-order valence-electron chi connectivity index (χ1n) is 14.7. The fourth-order valence-electron chi connectivity index (χ4n) is 7.70. The summed E-state index contributed by atoms with van der Waals surface area (Å²) in [6, 6.07) is 3.41. The molecule has 42 heavy (non-hydrogen) atoms. The molecule has 0 unspecified atom stereocenters. The number of nitrogens with zero attached hydrogens (tertiary/aromatic N) is 5. The summed E-state index contributed by atoms with van der Waals surface area (Å²) in [6.07, 6.45) is 3.69. The number of nitrogens with two attached hydrogens (primary N) is 1. The van der Waals surface area contributed by atoms with E-state index in [-0.39, 0.29) is 42.2 Å². The van der Waals surface area contributed by atoms with Gasteiger partial charge in [-0.2, -0.15) is 9.97 Å². The number of aliphatic hydroxyl groups excluding tert-OH is 1. The standard InChI is InChI=1S/C30H33ClF2N6O3/c1-38-26-22-25(36-28(37-26)42-13-29-5-2-6-39(29)12-16(32)9-29)23(33)24(35-27(22)41-14-30(38)10-18(40)11-30)19-7-17(34)8-20(31)21(19)15-3-4-15/h7-8,15-16,18,40H,2-6,9-14,34H2,1H3/t16-,18?,29+,30?/m1/s1. The quantitative estimate of drug-likeness (QED) is 0.407. The average Bonchev–Trinajstić information content (AvgIpc) is 3.63. The van der Waals surface area contributed by atoms with E-state index in [4.69, 9.17) is 36.8 Å². The normalized spacial score (nSPS) is 30.4. The molecular weight excluding hydrogens is 566 g/mol. The zero-order valence-electron chi connectivity index (χ0n) is 23.4. The highest BCUT2D eigenvalue weighted by Gasteiger charge is 2.51. The van der Waals surface area contributed by atoms with Crippen molar-refractivity contribution in [1.82, 2.24) is 19.9 Å². The summed E-state index contributed by atoms with van der Waals surface area (Å²) < 4.78 is 43.7. The maximum atomic E-state index is 16.7. The van der Waals surface area contributed by atoms with Crippen LogP contribution in [0.1, 0.15) is 56.4 Å². The predicted molar refractivity (Wildman–Crippen MR) is 155 cm³/mol. The molecule has 2 aliphatic carbocycles. The minimum absolute atomic E-state index is 0.0137. The number of alkyl halides is 1. The van der Waals surface area contributed by atoms with E-state index >= 15 is 4.39 Å². The van der Waals surface area contributed by atoms with E-state index in [1.54, 1.807) is 12.1 Å². The van der Waals surface area contributed by atoms with E-state index < -0.39 is 29.2 Å². The van der Waals surface area contributed by atoms with Crippen molar-refractivity contribution in [3.05, 3.63) is 28.5 Å². The Morgan fingerprint density at radius 2 is 2.02 bits per heavy atom. The Kier molecular flexibility index (Phi) is 5.85. The van der Waals surface area contributed by atoms with Gasteiger partial charge in [-0.3, -0.25) is 4.90 Å². The van der Waals surface area contributed by atoms with E-state index in [2.05, 4.69) is 9.88 Å². The molecule has 2 atom stereocenters. The zero-order chi connectivity index (χ0) is 29.0. The van der Waals surface area contributed by atoms with Crippen LogP contribution in [-0.4, -0.2) is 81.7 Å². The lowest BCUT2D eigenvalue weighted by molar-refractivity contribution is -0.00261. The van der Waals surface area contributed by atoms with Gasteiger partial charge in [0.15, 0.2) is 5.82 Å². The Labute approximate surface area is 247 Å². The van der Waals surface area contributed by atoms with Crippen LogP contribution >= 0.6 is 11.6 Å². The van der Waals surface area contributed by atoms with Crippen molar-refractivity contribution < 1.29 is 23.4 Å². The lowest BCUT2D eigenvalue weighted by Gasteiger charge is -2.50. The van der Waals surface area contributed by atoms with Gasteiger partial charge in [-0.15, -0.1) is 0 Å². The van der Waals surface area contributed by atoms with Crippen molar-refractivity contribution in [2.45, 2.75) is 74.2 Å². The van der Waals surface area contributed by atoms with Crippen molar-refractivity contribution in [3.8, 4) is 23.1 Å². The Morgan fingerprint density at radius 1 is 1.21 bits per heavy atom. The van der Waals surface area contributed by atoms with Crippen molar-refractivity contribution >= 4 is 34.0 Å². The molecule has 0 amide bonds. The van der Waals surface area contributed by atoms with E-state index in [1.807, 2.05) is 11.9 Å². The van der Waals surface area contributed by atoms with Gasteiger partial charge in [0.25, 0.3) is 0 Å². The van der Waals surface area contributed by atoms with Crippen LogP contribution in [0, 0.1) is 5.82 Å². The van der Waals surface area contributed by atoms with Crippen LogP contribution in [0.3, 0.4) is 0 Å². The van der Waals surface area contributed by atoms with Crippen LogP contribution in [0.15, 0.2) is 12.1 Å². The van der Waals surface area contributed by atoms with Crippen molar-refractivity contribution in [2.24, 2.45) is 0 Å². The van der Waals surface area contributed by atoms with E-state index in [9.17, 15) is 9.50 Å². The second-order valence-corrected chi connectivity index (χ2v) is 13.3. The van der Waals surface area contributed by atoms with Crippen LogP contribution in [0.4, 0.5) is 20.3 Å². The van der Waals surface area contributed by atoms with Crippen LogP contribution in [0.25, 0.3) is 22.2 Å². The molecule has 4 fully saturated rings. The zero-order valence-corrected chi connectivity index (χ0v) is 24.1. The SMILES string of the molecule is CN1c2nc(OC[C@@]34CCCN3C[C@H](F)C4)nc3c(F)c(-c4cc(N)cc(Cl)c4C4CC4)nc(c23)OCC12CC(O)C2. The molecule has 5 heterocycles. The highest BCUT2D eigenvalue weighted by molar-refractivity contribution is 6.32. The number of likely N-dealkylation sites (N-methyl/N-ethyl adjacent to an activating group) is 1. The molecule has 1 aromatic carbocycles. The molecule has 1 spiro atoms. The highest BCUT2D eigenvalue weighted by Crippen LogP contribution is 2.51. The number of ether oxygens (including phenoxy) is 2. The maximum absolute atomic E-state index is 16.7. The Balaban J connectivity index is 1.29. The summed E-state index contributed by atoms with van der Waals surface area (Å²) >= 11 is 6.64. The molecule has 222 valence electrons. The molecule has 2 aromatic heterocycles. The largest absolute Gasteiger partial charge is 0.475 e. The molecule has 3 N–H and O–H groups in total. The third-order valence-electron chi connectivity index (χ3n) is 10.1. The summed E-state index contributed by atoms with van der Waals surface area (Å²) in [6.45, 7) is 1.68. The first kappa shape index (κ1) is 26.6. The number of hydrogen-bond acceptors (Lipinski definition) is 9. The van der Waals surface area contributed by atoms with Crippen molar-refractivity contribution in [3.63, 3.8) is 0 Å². The number of fused-ring (bicyclic) bond motifs is 1. The number of hydrogen-bond donors (Lipinski definition) is 2. The molecule has 2 saturated carbocycles. The summed E-state index contributed by atoms with van der Waals surface area (Å²) in [5, 5.41) is 11.1. The molecule has 2 saturated heterocycles. The van der Waals surface area contributed by atoms with Gasteiger partial charge in [0.1, 0.15) is 41.8 Å². The Hall–Kier alpha value is -3.02. The highest BCUT2D eigenvalue weighted by atomic mass is 35.5. The minimum Gasteiger partial charge on any atom is -0.475 e. The summed E-state index contributed by atoms with van der Waals surface area (Å²) in [5.74, 6) is 0.203. The first-order valence-corrected chi connectivity index (χ1v) is 15.1. The number of anilines is 2. The number of aromatic nitrogens is 3. The molecule has 9 nitrogen and oxygen atoms in total. The smallest absolute Gasteiger partial charge is 0.319 e. The lowest BCUT2D eigenvalue weighted by Crippen LogP contribution is -2.61. The van der Waals surface area contributed by atoms with Crippen molar-refractivity contribution in [2.75, 3.05) is 44.0 Å². The van der Waals surface area contributed by atoms with E-state index in [1.165, 1.54) is 0 Å². The van der Waals surface area contributed by atoms with E-state index in [0.29, 0.717) is 53.3 Å². The third-order valence-corrected chi connectivity index (χ3v) is 10.4. The second kappa shape index (κ2) is 9.24. The maximum Gasteiger partial charge on any atom is 0.319 e. The van der Waals surface area contributed by atoms with Gasteiger partial charge in [-0.05, 0) is 55.8 Å². The molecule has 3 aromatic rings. The average molecular weight is 599 g/mol. The fourth-order valence-corrected chi connectivity index (χ4v) is 8.08. The molecule has 3 aliphatic heterocycles. The third kappa shape index (κ3) is 3.96. The summed E-state index contributed by atoms with van der Waals surface area (Å²) in [4.78, 5) is 18.2. The van der Waals surface area contributed by atoms with Gasteiger partial charge in [0, 0.05) is 49.1 Å². The van der Waals surface area contributed by atoms with Gasteiger partial charge in [-0.1, -0.05) is 11.6 Å². The van der Waals surface area contributed by atoms with Crippen LogP contribution in [0.5, 0.6) is 11.9 Å². The number of aliphatic hydroxyl groups is 1. The van der Waals surface area contributed by atoms with Gasteiger partial charge < -0.3 is 25.2 Å². The Bertz CT molecular complexity index is 1620. The van der Waals surface area contributed by atoms with Crippen molar-refractivity contribution in [1.29, 1.82) is 0 Å². The summed E-state index contributed by atoms with van der Waals surface area (Å²) in [7, 11) is 1.87. The number of rotatable bonds is 5. The van der Waals surface area contributed by atoms with Gasteiger partial charge in [-0.25, -0.2) is 13.8 Å². The van der Waals surface area contributed by atoms with Crippen LogP contribution in [0.2, 0.25) is 5.02 Å². The number of nitrogen functional groups attached to an aromatic ring is 1. The van der Waals surface area contributed by atoms with Gasteiger partial charge in [0.2, 0.25) is 5.88 Å². The predicted octanol–water partition coefficient (Wildman–Crippen LogP) is 4.62. The number of benzene rings is 1. The lowest BCUT2D eigenvalue weighted by atomic mass is 9.73. The number of halogens is 3. The van der Waals surface area contributed by atoms with Gasteiger partial charge in [0.05, 0.1) is 17.2 Å². The molecule has 5 aliphatic rings. The second-order valence-electron chi connectivity index (χ2n) is 12.9. The Morgan fingerprint density at radius 3 is 2.79 bits per heavy atom. The van der Waals surface area contributed by atoms with Gasteiger partial charge >= 0.3 is 6.01 Å². The van der Waals surface area contributed by atoms with Crippen LogP contribution < -0.4 is 20.1 Å². The van der Waals surface area contributed by atoms with Crippen LogP contribution in [-0.2, 0) is 0 Å². The molecule has 0 radical (unpaired) electrons. The number of pyridine rings is 1. The molecule has 0 bridgehead atoms. The topological polar surface area (TPSA) is 110 Å². The molecule has 12 heteroatoms. The summed E-state index contributed by atoms with van der Waals surface area (Å²) in [5.41, 5.74) is 7.06. The molecule has 8 rings (SSSR count). The minimum atomic E-state index is -0.899. The van der Waals surface area contributed by atoms with E-state index in [0.717, 1.165) is 37.8 Å². The molecular formula is C30H33ClF2N6O3. The fraction of sp³-hybridized carbons (Fsp3) is 0.567.